The molecule has 1 nitrogen and oxygen atoms in total. The van der Waals surface area contributed by atoms with Crippen molar-refractivity contribution in [2.45, 2.75) is 26.2 Å². The van der Waals surface area contributed by atoms with Crippen molar-refractivity contribution >= 4 is 11.6 Å². The largest absolute Gasteiger partial charge is 0.309 e. The third-order valence-electron chi connectivity index (χ3n) is 4.43. The first-order chi connectivity index (χ1) is 11.6. The van der Waals surface area contributed by atoms with Crippen molar-refractivity contribution < 1.29 is 0 Å². The molecule has 0 fully saturated rings. The minimum Gasteiger partial charge on any atom is -0.309 e. The van der Waals surface area contributed by atoms with Gasteiger partial charge in [0.1, 0.15) is 0 Å². The topological polar surface area (TPSA) is 3.24 Å². The van der Waals surface area contributed by atoms with E-state index in [-0.39, 0.29) is 0 Å². The van der Waals surface area contributed by atoms with E-state index in [1.165, 1.54) is 22.3 Å². The molecule has 0 saturated heterocycles. The minimum absolute atomic E-state index is 0.984. The molecule has 0 bridgehead atoms. The predicted octanol–water partition coefficient (Wildman–Crippen LogP) is 5.69. The summed E-state index contributed by atoms with van der Waals surface area (Å²) in [6.07, 6.45) is 5.10. The van der Waals surface area contributed by atoms with Crippen LogP contribution in [0, 0.1) is 0 Å². The van der Waals surface area contributed by atoms with Gasteiger partial charge in [0, 0.05) is 6.54 Å². The fourth-order valence-corrected chi connectivity index (χ4v) is 2.95. The number of allylic oxidation sites excluding steroid dienone is 1. The minimum atomic E-state index is 0.984. The monoisotopic (exact) mass is 319 g/mol. The molecule has 0 heterocycles. The van der Waals surface area contributed by atoms with Gasteiger partial charge < -0.3 is 4.90 Å². The highest BCUT2D eigenvalue weighted by Crippen LogP contribution is 2.27. The standard InChI is InChI=1S/C23H29N/c1-5-19-12-14-20(15-13-19)18-23(22-10-8-7-9-11-22)21(6-2)16-17-24(3)4/h5,7-15H,1,6,16-18H2,2-4H3. The summed E-state index contributed by atoms with van der Waals surface area (Å²) in [5, 5.41) is 0. The van der Waals surface area contributed by atoms with Crippen LogP contribution in [0.1, 0.15) is 36.5 Å². The van der Waals surface area contributed by atoms with Gasteiger partial charge in [0.15, 0.2) is 0 Å². The Balaban J connectivity index is 2.35. The van der Waals surface area contributed by atoms with Crippen molar-refractivity contribution in [3.63, 3.8) is 0 Å². The third-order valence-corrected chi connectivity index (χ3v) is 4.43. The average molecular weight is 319 g/mol. The van der Waals surface area contributed by atoms with E-state index in [2.05, 4.69) is 87.1 Å². The van der Waals surface area contributed by atoms with Crippen molar-refractivity contribution in [3.05, 3.63) is 83.4 Å². The second kappa shape index (κ2) is 9.24. The highest BCUT2D eigenvalue weighted by Gasteiger charge is 2.10. The van der Waals surface area contributed by atoms with E-state index in [9.17, 15) is 0 Å². The summed E-state index contributed by atoms with van der Waals surface area (Å²) in [5.74, 6) is 0. The van der Waals surface area contributed by atoms with Gasteiger partial charge in [-0.2, -0.15) is 0 Å². The van der Waals surface area contributed by atoms with Crippen molar-refractivity contribution in [1.82, 2.24) is 4.90 Å². The molecular formula is C23H29N. The van der Waals surface area contributed by atoms with Crippen LogP contribution >= 0.6 is 0 Å². The van der Waals surface area contributed by atoms with Crippen molar-refractivity contribution in [1.29, 1.82) is 0 Å². The Labute approximate surface area is 147 Å². The first-order valence-corrected chi connectivity index (χ1v) is 8.76. The Morgan fingerprint density at radius 3 is 2.21 bits per heavy atom. The maximum absolute atomic E-state index is 3.84. The summed E-state index contributed by atoms with van der Waals surface area (Å²) >= 11 is 0. The van der Waals surface area contributed by atoms with Gasteiger partial charge in [-0.1, -0.05) is 79.7 Å². The molecule has 0 aliphatic rings. The molecule has 0 aliphatic carbocycles. The molecule has 0 spiro atoms. The van der Waals surface area contributed by atoms with E-state index in [0.717, 1.165) is 25.8 Å². The SMILES string of the molecule is C=Cc1ccc(CC(=C(CC)CCN(C)C)c2ccccc2)cc1. The summed E-state index contributed by atoms with van der Waals surface area (Å²) in [4.78, 5) is 2.26. The molecule has 24 heavy (non-hydrogen) atoms. The van der Waals surface area contributed by atoms with Gasteiger partial charge in [0.05, 0.1) is 0 Å². The Morgan fingerprint density at radius 1 is 1.00 bits per heavy atom. The first-order valence-electron chi connectivity index (χ1n) is 8.76. The molecule has 0 saturated carbocycles. The second-order valence-corrected chi connectivity index (χ2v) is 6.48. The molecule has 0 unspecified atom stereocenters. The molecule has 1 heteroatoms. The summed E-state index contributed by atoms with van der Waals surface area (Å²) in [6, 6.07) is 19.6. The zero-order chi connectivity index (χ0) is 17.4. The molecule has 0 radical (unpaired) electrons. The maximum Gasteiger partial charge on any atom is 0.00127 e. The number of rotatable bonds is 8. The summed E-state index contributed by atoms with van der Waals surface area (Å²) in [5.41, 5.74) is 6.91. The second-order valence-electron chi connectivity index (χ2n) is 6.48. The zero-order valence-corrected chi connectivity index (χ0v) is 15.3. The van der Waals surface area contributed by atoms with Gasteiger partial charge in [-0.15, -0.1) is 0 Å². The molecule has 2 aromatic rings. The van der Waals surface area contributed by atoms with E-state index >= 15 is 0 Å². The molecule has 0 atom stereocenters. The van der Waals surface area contributed by atoms with E-state index < -0.39 is 0 Å². The molecule has 0 N–H and O–H groups in total. The average Bonchev–Trinajstić information content (AvgIpc) is 2.62. The fourth-order valence-electron chi connectivity index (χ4n) is 2.95. The highest BCUT2D eigenvalue weighted by atomic mass is 15.0. The lowest BCUT2D eigenvalue weighted by atomic mass is 9.90. The van der Waals surface area contributed by atoms with Crippen LogP contribution in [0.15, 0.2) is 66.7 Å². The Hall–Kier alpha value is -2.12. The Bertz CT molecular complexity index is 663. The van der Waals surface area contributed by atoms with Crippen molar-refractivity contribution in [2.24, 2.45) is 0 Å². The van der Waals surface area contributed by atoms with Crippen LogP contribution in [0.3, 0.4) is 0 Å². The normalized spacial score (nSPS) is 12.2. The predicted molar refractivity (Wildman–Crippen MR) is 107 cm³/mol. The Morgan fingerprint density at radius 2 is 1.67 bits per heavy atom. The first kappa shape index (κ1) is 18.2. The lowest BCUT2D eigenvalue weighted by Gasteiger charge is -2.18. The van der Waals surface area contributed by atoms with Gasteiger partial charge in [-0.25, -0.2) is 0 Å². The molecule has 126 valence electrons. The zero-order valence-electron chi connectivity index (χ0n) is 15.3. The lowest BCUT2D eigenvalue weighted by Crippen LogP contribution is -2.14. The van der Waals surface area contributed by atoms with Gasteiger partial charge in [0.2, 0.25) is 0 Å². The third kappa shape index (κ3) is 5.21. The number of nitrogens with zero attached hydrogens (tertiary/aromatic N) is 1. The quantitative estimate of drug-likeness (QED) is 0.604. The van der Waals surface area contributed by atoms with Gasteiger partial charge in [0.25, 0.3) is 0 Å². The van der Waals surface area contributed by atoms with Crippen LogP contribution in [0.25, 0.3) is 11.6 Å². The lowest BCUT2D eigenvalue weighted by molar-refractivity contribution is 0.411. The summed E-state index contributed by atoms with van der Waals surface area (Å²) in [6.45, 7) is 7.20. The van der Waals surface area contributed by atoms with Crippen LogP contribution < -0.4 is 0 Å². The molecule has 0 amide bonds. The highest BCUT2D eigenvalue weighted by molar-refractivity contribution is 5.71. The molecule has 0 aliphatic heterocycles. The van der Waals surface area contributed by atoms with Crippen LogP contribution in [0.5, 0.6) is 0 Å². The smallest absolute Gasteiger partial charge is 0.00127 e. The Kier molecular flexibility index (Phi) is 7.02. The van der Waals surface area contributed by atoms with E-state index in [1.807, 2.05) is 6.08 Å². The van der Waals surface area contributed by atoms with Crippen LogP contribution in [-0.4, -0.2) is 25.5 Å². The van der Waals surface area contributed by atoms with E-state index in [1.54, 1.807) is 5.57 Å². The summed E-state index contributed by atoms with van der Waals surface area (Å²) in [7, 11) is 4.28. The van der Waals surface area contributed by atoms with Crippen molar-refractivity contribution in [3.8, 4) is 0 Å². The van der Waals surface area contributed by atoms with Crippen molar-refractivity contribution in [2.75, 3.05) is 20.6 Å². The number of hydrogen-bond acceptors (Lipinski definition) is 1. The van der Waals surface area contributed by atoms with Gasteiger partial charge >= 0.3 is 0 Å². The number of benzene rings is 2. The summed E-state index contributed by atoms with van der Waals surface area (Å²) < 4.78 is 0. The van der Waals surface area contributed by atoms with Crippen LogP contribution in [0.4, 0.5) is 0 Å². The van der Waals surface area contributed by atoms with Crippen LogP contribution in [-0.2, 0) is 6.42 Å². The number of hydrogen-bond donors (Lipinski definition) is 0. The van der Waals surface area contributed by atoms with E-state index in [4.69, 9.17) is 0 Å². The molecule has 0 aromatic heterocycles. The molecular weight excluding hydrogens is 290 g/mol. The molecule has 2 aromatic carbocycles. The van der Waals surface area contributed by atoms with Gasteiger partial charge in [-0.3, -0.25) is 0 Å². The van der Waals surface area contributed by atoms with Crippen LogP contribution in [0.2, 0.25) is 0 Å². The maximum atomic E-state index is 3.84. The fraction of sp³-hybridized carbons (Fsp3) is 0.304. The van der Waals surface area contributed by atoms with Gasteiger partial charge in [-0.05, 0) is 55.6 Å². The van der Waals surface area contributed by atoms with E-state index in [0.29, 0.717) is 0 Å². The molecule has 2 rings (SSSR count).